The average Bonchev–Trinajstić information content (AvgIpc) is 2.31. The van der Waals surface area contributed by atoms with E-state index in [1.54, 1.807) is 0 Å². The van der Waals surface area contributed by atoms with Crippen LogP contribution in [0.4, 0.5) is 0 Å². The number of aliphatic hydroxyl groups is 2. The minimum atomic E-state index is -2.20. The molecule has 0 aromatic heterocycles. The molecule has 3 atom stereocenters. The van der Waals surface area contributed by atoms with Crippen molar-refractivity contribution in [3.8, 4) is 0 Å². The van der Waals surface area contributed by atoms with Crippen LogP contribution in [0.3, 0.4) is 0 Å². The quantitative estimate of drug-likeness (QED) is 0.264. The molecule has 24 heavy (non-hydrogen) atoms. The Hall–Kier alpha value is -2.24. The van der Waals surface area contributed by atoms with Crippen LogP contribution in [0.1, 0.15) is 12.8 Å². The minimum Gasteiger partial charge on any atom is -0.550 e. The fourth-order valence-corrected chi connectivity index (χ4v) is 1.58. The van der Waals surface area contributed by atoms with E-state index in [9.17, 15) is 24.3 Å². The molecule has 11 heteroatoms. The second-order valence-corrected chi connectivity index (χ2v) is 6.03. The maximum atomic E-state index is 10.3. The first-order valence-corrected chi connectivity index (χ1v) is 6.71. The van der Waals surface area contributed by atoms with Crippen LogP contribution in [0.2, 0.25) is 0 Å². The standard InChI is InChI=1S/C7H15NO3.C6H8O7/c1-8(2,3)5-6(9)4-7(10)11;7-3(8)1-2(5(10)11)4(9)6(12)13/h6,9H,4-5H2,1-3H3;2,4,9H,1H2,(H,7,8)(H,10,11)(H,12,13). The van der Waals surface area contributed by atoms with Gasteiger partial charge in [-0.15, -0.1) is 0 Å². The Morgan fingerprint density at radius 3 is 1.62 bits per heavy atom. The number of rotatable bonds is 9. The normalized spacial score (nSPS) is 14.5. The monoisotopic (exact) mass is 353 g/mol. The van der Waals surface area contributed by atoms with Gasteiger partial charge in [-0.3, -0.25) is 9.59 Å². The fraction of sp³-hybridized carbons (Fsp3) is 0.692. The van der Waals surface area contributed by atoms with Crippen molar-refractivity contribution < 1.29 is 54.3 Å². The summed E-state index contributed by atoms with van der Waals surface area (Å²) in [4.78, 5) is 40.5. The summed E-state index contributed by atoms with van der Waals surface area (Å²) in [7, 11) is 5.66. The van der Waals surface area contributed by atoms with E-state index >= 15 is 0 Å². The van der Waals surface area contributed by atoms with Crippen molar-refractivity contribution in [1.82, 2.24) is 0 Å². The number of carboxylic acids is 4. The van der Waals surface area contributed by atoms with Crippen molar-refractivity contribution in [2.45, 2.75) is 25.0 Å². The molecule has 0 aliphatic carbocycles. The second-order valence-electron chi connectivity index (χ2n) is 6.03. The Morgan fingerprint density at radius 1 is 0.917 bits per heavy atom. The molecule has 0 heterocycles. The summed E-state index contributed by atoms with van der Waals surface area (Å²) in [6.07, 6.45) is -4.22. The van der Waals surface area contributed by atoms with Crippen LogP contribution in [-0.2, 0) is 19.2 Å². The number of hydrogen-bond donors (Lipinski definition) is 5. The molecule has 0 radical (unpaired) electrons. The molecule has 5 N–H and O–H groups in total. The third-order valence-corrected chi connectivity index (χ3v) is 2.51. The summed E-state index contributed by atoms with van der Waals surface area (Å²) in [5.41, 5.74) is 0. The maximum Gasteiger partial charge on any atom is 0.333 e. The van der Waals surface area contributed by atoms with Gasteiger partial charge in [0.15, 0.2) is 6.10 Å². The summed E-state index contributed by atoms with van der Waals surface area (Å²) < 4.78 is 0.550. The number of aliphatic hydroxyl groups excluding tert-OH is 2. The first-order valence-electron chi connectivity index (χ1n) is 6.71. The molecule has 0 aliphatic heterocycles. The summed E-state index contributed by atoms with van der Waals surface area (Å²) in [6.45, 7) is 0.425. The summed E-state index contributed by atoms with van der Waals surface area (Å²) in [5, 5.41) is 52.7. The molecular formula is C13H23NO10. The largest absolute Gasteiger partial charge is 0.550 e. The van der Waals surface area contributed by atoms with Gasteiger partial charge in [0, 0.05) is 12.4 Å². The number of hydrogen-bond acceptors (Lipinski definition) is 7. The fourth-order valence-electron chi connectivity index (χ4n) is 1.58. The van der Waals surface area contributed by atoms with Crippen LogP contribution in [0, 0.1) is 5.92 Å². The molecule has 0 fully saturated rings. The molecule has 0 aromatic carbocycles. The lowest BCUT2D eigenvalue weighted by Gasteiger charge is -2.26. The lowest BCUT2D eigenvalue weighted by Crippen LogP contribution is -2.43. The number of carbonyl (C=O) groups excluding carboxylic acids is 1. The van der Waals surface area contributed by atoms with Crippen LogP contribution in [0.5, 0.6) is 0 Å². The molecule has 0 saturated carbocycles. The van der Waals surface area contributed by atoms with Crippen LogP contribution in [-0.4, -0.2) is 93.8 Å². The first-order chi connectivity index (χ1) is 10.7. The van der Waals surface area contributed by atoms with Gasteiger partial charge in [0.05, 0.1) is 27.6 Å². The number of carboxylic acid groups (broad SMARTS) is 4. The topological polar surface area (TPSA) is 192 Å². The van der Waals surface area contributed by atoms with Crippen molar-refractivity contribution >= 4 is 23.9 Å². The zero-order valence-electron chi connectivity index (χ0n) is 13.6. The average molecular weight is 353 g/mol. The number of carbonyl (C=O) groups is 4. The Labute approximate surface area is 138 Å². The molecule has 0 aromatic rings. The Bertz CT molecular complexity index is 456. The molecular weight excluding hydrogens is 330 g/mol. The zero-order valence-corrected chi connectivity index (χ0v) is 13.6. The van der Waals surface area contributed by atoms with Gasteiger partial charge in [-0.2, -0.15) is 0 Å². The van der Waals surface area contributed by atoms with Crippen molar-refractivity contribution in [3.63, 3.8) is 0 Å². The first kappa shape index (κ1) is 24.0. The van der Waals surface area contributed by atoms with Gasteiger partial charge in [0.2, 0.25) is 0 Å². The van der Waals surface area contributed by atoms with E-state index in [4.69, 9.17) is 25.5 Å². The zero-order chi connectivity index (χ0) is 19.7. The molecule has 140 valence electrons. The highest BCUT2D eigenvalue weighted by Gasteiger charge is 2.33. The van der Waals surface area contributed by atoms with Crippen LogP contribution >= 0.6 is 0 Å². The molecule has 0 spiro atoms. The predicted molar refractivity (Wildman–Crippen MR) is 75.6 cm³/mol. The van der Waals surface area contributed by atoms with E-state index in [2.05, 4.69) is 0 Å². The van der Waals surface area contributed by atoms with Gasteiger partial charge in [-0.1, -0.05) is 0 Å². The molecule has 0 bridgehead atoms. The van der Waals surface area contributed by atoms with Crippen molar-refractivity contribution in [1.29, 1.82) is 0 Å². The molecule has 0 rings (SSSR count). The van der Waals surface area contributed by atoms with Crippen molar-refractivity contribution in [3.05, 3.63) is 0 Å². The van der Waals surface area contributed by atoms with Gasteiger partial charge >= 0.3 is 17.9 Å². The Kier molecular flexibility index (Phi) is 10.5. The summed E-state index contributed by atoms with van der Waals surface area (Å²) in [5.74, 6) is -7.92. The van der Waals surface area contributed by atoms with Crippen LogP contribution < -0.4 is 5.11 Å². The Balaban J connectivity index is 0. The van der Waals surface area contributed by atoms with Crippen molar-refractivity contribution in [2.24, 2.45) is 5.92 Å². The summed E-state index contributed by atoms with van der Waals surface area (Å²) in [6, 6.07) is 0. The number of likely N-dealkylation sites (N-methyl/N-ethyl adjacent to an activating group) is 1. The van der Waals surface area contributed by atoms with Gasteiger partial charge < -0.3 is 39.9 Å². The van der Waals surface area contributed by atoms with E-state index in [1.165, 1.54) is 0 Å². The predicted octanol–water partition coefficient (Wildman–Crippen LogP) is -3.20. The molecule has 0 amide bonds. The van der Waals surface area contributed by atoms with E-state index < -0.39 is 48.4 Å². The lowest BCUT2D eigenvalue weighted by atomic mass is 9.99. The van der Waals surface area contributed by atoms with Crippen molar-refractivity contribution in [2.75, 3.05) is 27.7 Å². The van der Waals surface area contributed by atoms with Crippen LogP contribution in [0.25, 0.3) is 0 Å². The van der Waals surface area contributed by atoms with Gasteiger partial charge in [-0.25, -0.2) is 4.79 Å². The summed E-state index contributed by atoms with van der Waals surface area (Å²) >= 11 is 0. The SMILES string of the molecule is C[N+](C)(C)CC(O)CC(=O)[O-].O=C(O)CC(C(=O)O)C(O)C(=O)O. The van der Waals surface area contributed by atoms with Gasteiger partial charge in [0.1, 0.15) is 18.6 Å². The molecule has 11 nitrogen and oxygen atoms in total. The molecule has 3 unspecified atom stereocenters. The molecule has 0 aliphatic rings. The highest BCUT2D eigenvalue weighted by Crippen LogP contribution is 2.09. The van der Waals surface area contributed by atoms with E-state index in [0.29, 0.717) is 11.0 Å². The van der Waals surface area contributed by atoms with E-state index in [1.807, 2.05) is 21.1 Å². The maximum absolute atomic E-state index is 10.3. The minimum absolute atomic E-state index is 0.282. The Morgan fingerprint density at radius 2 is 1.38 bits per heavy atom. The van der Waals surface area contributed by atoms with Gasteiger partial charge in [-0.05, 0) is 0 Å². The lowest BCUT2D eigenvalue weighted by molar-refractivity contribution is -0.873. The number of quaternary nitrogens is 1. The highest BCUT2D eigenvalue weighted by molar-refractivity contribution is 5.85. The van der Waals surface area contributed by atoms with Crippen LogP contribution in [0.15, 0.2) is 0 Å². The second kappa shape index (κ2) is 10.5. The van der Waals surface area contributed by atoms with E-state index in [-0.39, 0.29) is 6.42 Å². The smallest absolute Gasteiger partial charge is 0.333 e. The number of aliphatic carboxylic acids is 4. The number of nitrogens with zero attached hydrogens (tertiary/aromatic N) is 1. The van der Waals surface area contributed by atoms with Gasteiger partial charge in [0.25, 0.3) is 0 Å². The highest BCUT2D eigenvalue weighted by atomic mass is 16.4. The van der Waals surface area contributed by atoms with E-state index in [0.717, 1.165) is 0 Å². The molecule has 0 saturated heterocycles. The third-order valence-electron chi connectivity index (χ3n) is 2.51. The third kappa shape index (κ3) is 13.4.